The van der Waals surface area contributed by atoms with Crippen molar-refractivity contribution in [2.75, 3.05) is 5.73 Å². The number of thiazole rings is 1. The standard InChI is InChI=1S/C8H8N2S/c1-5-2-3-6-8(7(5)9)11-4-10-6/h2-4H,9H2,1H3. The zero-order valence-corrected chi connectivity index (χ0v) is 6.98. The second kappa shape index (κ2) is 2.20. The van der Waals surface area contributed by atoms with Crippen LogP contribution in [0, 0.1) is 6.92 Å². The summed E-state index contributed by atoms with van der Waals surface area (Å²) in [7, 11) is 0. The summed E-state index contributed by atoms with van der Waals surface area (Å²) in [5, 5.41) is 0. The Labute approximate surface area is 68.7 Å². The maximum absolute atomic E-state index is 5.83. The highest BCUT2D eigenvalue weighted by molar-refractivity contribution is 7.17. The molecule has 3 heteroatoms. The van der Waals surface area contributed by atoms with Crippen molar-refractivity contribution in [2.45, 2.75) is 6.92 Å². The minimum Gasteiger partial charge on any atom is -0.397 e. The van der Waals surface area contributed by atoms with E-state index in [2.05, 4.69) is 4.98 Å². The van der Waals surface area contributed by atoms with E-state index in [1.165, 1.54) is 0 Å². The number of hydrogen-bond donors (Lipinski definition) is 1. The molecule has 0 fully saturated rings. The average molecular weight is 164 g/mol. The maximum atomic E-state index is 5.83. The van der Waals surface area contributed by atoms with Gasteiger partial charge >= 0.3 is 0 Å². The second-order valence-electron chi connectivity index (χ2n) is 2.50. The van der Waals surface area contributed by atoms with Crippen molar-refractivity contribution >= 4 is 27.2 Å². The summed E-state index contributed by atoms with van der Waals surface area (Å²) in [4.78, 5) is 4.16. The Morgan fingerprint density at radius 1 is 1.45 bits per heavy atom. The Hall–Kier alpha value is -1.09. The lowest BCUT2D eigenvalue weighted by molar-refractivity contribution is 1.46. The van der Waals surface area contributed by atoms with E-state index in [-0.39, 0.29) is 0 Å². The van der Waals surface area contributed by atoms with Gasteiger partial charge in [-0.05, 0) is 18.6 Å². The molecule has 0 unspecified atom stereocenters. The third kappa shape index (κ3) is 0.886. The number of fused-ring (bicyclic) bond motifs is 1. The van der Waals surface area contributed by atoms with Gasteiger partial charge in [0.1, 0.15) is 0 Å². The van der Waals surface area contributed by atoms with E-state index < -0.39 is 0 Å². The molecule has 0 atom stereocenters. The van der Waals surface area contributed by atoms with E-state index in [9.17, 15) is 0 Å². The van der Waals surface area contributed by atoms with Crippen molar-refractivity contribution in [3.63, 3.8) is 0 Å². The van der Waals surface area contributed by atoms with Crippen molar-refractivity contribution < 1.29 is 0 Å². The number of benzene rings is 1. The molecule has 2 rings (SSSR count). The molecular formula is C8H8N2S. The van der Waals surface area contributed by atoms with E-state index in [1.807, 2.05) is 24.6 Å². The third-order valence-corrected chi connectivity index (χ3v) is 2.63. The molecule has 2 nitrogen and oxygen atoms in total. The Morgan fingerprint density at radius 3 is 3.09 bits per heavy atom. The zero-order valence-electron chi connectivity index (χ0n) is 6.16. The van der Waals surface area contributed by atoms with Crippen molar-refractivity contribution in [1.82, 2.24) is 4.98 Å². The van der Waals surface area contributed by atoms with Crippen LogP contribution in [0.4, 0.5) is 5.69 Å². The Kier molecular flexibility index (Phi) is 1.32. The molecule has 0 radical (unpaired) electrons. The quantitative estimate of drug-likeness (QED) is 0.606. The summed E-state index contributed by atoms with van der Waals surface area (Å²) in [5.74, 6) is 0. The number of nitrogen functional groups attached to an aromatic ring is 1. The van der Waals surface area contributed by atoms with Crippen LogP contribution in [0.15, 0.2) is 17.6 Å². The van der Waals surface area contributed by atoms with E-state index in [4.69, 9.17) is 5.73 Å². The summed E-state index contributed by atoms with van der Waals surface area (Å²) < 4.78 is 1.10. The van der Waals surface area contributed by atoms with Crippen LogP contribution >= 0.6 is 11.3 Å². The van der Waals surface area contributed by atoms with Gasteiger partial charge in [0, 0.05) is 0 Å². The van der Waals surface area contributed by atoms with E-state index in [0.29, 0.717) is 0 Å². The molecular weight excluding hydrogens is 156 g/mol. The van der Waals surface area contributed by atoms with Crippen LogP contribution in [0.1, 0.15) is 5.56 Å². The van der Waals surface area contributed by atoms with Crippen LogP contribution in [-0.4, -0.2) is 4.98 Å². The van der Waals surface area contributed by atoms with Gasteiger partial charge < -0.3 is 5.73 Å². The van der Waals surface area contributed by atoms with E-state index >= 15 is 0 Å². The van der Waals surface area contributed by atoms with Gasteiger partial charge in [-0.1, -0.05) is 6.07 Å². The average Bonchev–Trinajstić information content (AvgIpc) is 2.45. The monoisotopic (exact) mass is 164 g/mol. The van der Waals surface area contributed by atoms with Crippen LogP contribution in [0.2, 0.25) is 0 Å². The largest absolute Gasteiger partial charge is 0.397 e. The molecule has 11 heavy (non-hydrogen) atoms. The number of rotatable bonds is 0. The van der Waals surface area contributed by atoms with Gasteiger partial charge in [0.15, 0.2) is 0 Å². The molecule has 2 aromatic rings. The van der Waals surface area contributed by atoms with E-state index in [0.717, 1.165) is 21.5 Å². The molecule has 0 aliphatic heterocycles. The van der Waals surface area contributed by atoms with Crippen LogP contribution in [-0.2, 0) is 0 Å². The lowest BCUT2D eigenvalue weighted by Gasteiger charge is -1.98. The van der Waals surface area contributed by atoms with Gasteiger partial charge in [-0.25, -0.2) is 4.98 Å². The molecule has 0 bridgehead atoms. The zero-order chi connectivity index (χ0) is 7.84. The van der Waals surface area contributed by atoms with Gasteiger partial charge in [-0.3, -0.25) is 0 Å². The number of aromatic nitrogens is 1. The van der Waals surface area contributed by atoms with Gasteiger partial charge in [0.25, 0.3) is 0 Å². The molecule has 1 aromatic heterocycles. The summed E-state index contributed by atoms with van der Waals surface area (Å²) in [5.41, 5.74) is 10.6. The summed E-state index contributed by atoms with van der Waals surface area (Å²) in [6.45, 7) is 2.01. The van der Waals surface area contributed by atoms with Crippen LogP contribution < -0.4 is 5.73 Å². The molecule has 0 amide bonds. The summed E-state index contributed by atoms with van der Waals surface area (Å²) >= 11 is 1.59. The number of nitrogens with two attached hydrogens (primary N) is 1. The normalized spacial score (nSPS) is 10.6. The molecule has 1 aromatic carbocycles. The first-order chi connectivity index (χ1) is 5.29. The number of nitrogens with zero attached hydrogens (tertiary/aromatic N) is 1. The predicted octanol–water partition coefficient (Wildman–Crippen LogP) is 2.19. The van der Waals surface area contributed by atoms with Crippen LogP contribution in [0.3, 0.4) is 0 Å². The molecule has 0 spiro atoms. The number of aryl methyl sites for hydroxylation is 1. The molecule has 0 aliphatic rings. The summed E-state index contributed by atoms with van der Waals surface area (Å²) in [6.07, 6.45) is 0. The minimum absolute atomic E-state index is 0.866. The van der Waals surface area contributed by atoms with Crippen molar-refractivity contribution in [2.24, 2.45) is 0 Å². The highest BCUT2D eigenvalue weighted by Crippen LogP contribution is 2.26. The highest BCUT2D eigenvalue weighted by atomic mass is 32.1. The predicted molar refractivity (Wildman–Crippen MR) is 48.8 cm³/mol. The van der Waals surface area contributed by atoms with E-state index in [1.54, 1.807) is 11.3 Å². The molecule has 0 aliphatic carbocycles. The van der Waals surface area contributed by atoms with Crippen molar-refractivity contribution in [1.29, 1.82) is 0 Å². The maximum Gasteiger partial charge on any atom is 0.0833 e. The fourth-order valence-electron chi connectivity index (χ4n) is 1.05. The number of anilines is 1. The minimum atomic E-state index is 0.866. The van der Waals surface area contributed by atoms with Crippen LogP contribution in [0.25, 0.3) is 10.2 Å². The van der Waals surface area contributed by atoms with Gasteiger partial charge in [0.05, 0.1) is 21.4 Å². The first kappa shape index (κ1) is 6.61. The SMILES string of the molecule is Cc1ccc2ncsc2c1N. The number of hydrogen-bond acceptors (Lipinski definition) is 3. The molecule has 1 heterocycles. The lowest BCUT2D eigenvalue weighted by Crippen LogP contribution is -1.88. The van der Waals surface area contributed by atoms with Crippen LogP contribution in [0.5, 0.6) is 0 Å². The van der Waals surface area contributed by atoms with Gasteiger partial charge in [-0.2, -0.15) is 0 Å². The Morgan fingerprint density at radius 2 is 2.27 bits per heavy atom. The Bertz CT molecular complexity index is 392. The third-order valence-electron chi connectivity index (χ3n) is 1.76. The van der Waals surface area contributed by atoms with Gasteiger partial charge in [-0.15, -0.1) is 11.3 Å². The molecule has 2 N–H and O–H groups in total. The topological polar surface area (TPSA) is 38.9 Å². The van der Waals surface area contributed by atoms with Crippen molar-refractivity contribution in [3.05, 3.63) is 23.2 Å². The molecule has 56 valence electrons. The first-order valence-corrected chi connectivity index (χ1v) is 4.25. The fraction of sp³-hybridized carbons (Fsp3) is 0.125. The highest BCUT2D eigenvalue weighted by Gasteiger charge is 2.01. The van der Waals surface area contributed by atoms with Crippen molar-refractivity contribution in [3.8, 4) is 0 Å². The summed E-state index contributed by atoms with van der Waals surface area (Å²) in [6, 6.07) is 3.99. The second-order valence-corrected chi connectivity index (χ2v) is 3.35. The molecule has 0 saturated carbocycles. The first-order valence-electron chi connectivity index (χ1n) is 3.37. The smallest absolute Gasteiger partial charge is 0.0833 e. The van der Waals surface area contributed by atoms with Gasteiger partial charge in [0.2, 0.25) is 0 Å². The fourth-order valence-corrected chi connectivity index (χ4v) is 1.85. The Balaban J connectivity index is 2.93. The molecule has 0 saturated heterocycles. The lowest BCUT2D eigenvalue weighted by atomic mass is 10.2.